The Balaban J connectivity index is 2.00. The first kappa shape index (κ1) is 13.7. The Labute approximate surface area is 112 Å². The summed E-state index contributed by atoms with van der Waals surface area (Å²) in [5, 5.41) is 12.9. The Morgan fingerprint density at radius 2 is 2.32 bits per heavy atom. The number of phenolic OH excluding ortho intramolecular Hbond substituents is 1. The van der Waals surface area contributed by atoms with Crippen LogP contribution in [0.4, 0.5) is 0 Å². The summed E-state index contributed by atoms with van der Waals surface area (Å²) in [6.45, 7) is 1.93. The Kier molecular flexibility index (Phi) is 4.63. The summed E-state index contributed by atoms with van der Waals surface area (Å²) in [6.07, 6.45) is 0.934. The molecule has 19 heavy (non-hydrogen) atoms. The molecule has 0 bridgehead atoms. The molecule has 1 aromatic carbocycles. The van der Waals surface area contributed by atoms with E-state index >= 15 is 0 Å². The van der Waals surface area contributed by atoms with Crippen LogP contribution in [-0.2, 0) is 9.53 Å². The van der Waals surface area contributed by atoms with Crippen molar-refractivity contribution in [2.24, 2.45) is 11.8 Å². The van der Waals surface area contributed by atoms with Gasteiger partial charge in [-0.05, 0) is 37.6 Å². The lowest BCUT2D eigenvalue weighted by molar-refractivity contribution is -0.148. The van der Waals surface area contributed by atoms with Gasteiger partial charge < -0.3 is 19.9 Å². The van der Waals surface area contributed by atoms with Crippen LogP contribution < -0.4 is 10.1 Å². The minimum Gasteiger partial charge on any atom is -0.504 e. The first-order valence-electron chi connectivity index (χ1n) is 6.41. The van der Waals surface area contributed by atoms with E-state index in [1.807, 2.05) is 0 Å². The van der Waals surface area contributed by atoms with Crippen molar-refractivity contribution in [1.29, 1.82) is 0 Å². The van der Waals surface area contributed by atoms with Crippen LogP contribution in [0.5, 0.6) is 11.5 Å². The number of hydrogen-bond acceptors (Lipinski definition) is 5. The summed E-state index contributed by atoms with van der Waals surface area (Å²) >= 11 is 0. The number of hydrogen-bond donors (Lipinski definition) is 2. The minimum absolute atomic E-state index is 0.0793. The first-order chi connectivity index (χ1) is 9.22. The summed E-state index contributed by atoms with van der Waals surface area (Å²) < 4.78 is 10.4. The molecule has 0 radical (unpaired) electrons. The van der Waals surface area contributed by atoms with E-state index in [0.717, 1.165) is 19.5 Å². The highest BCUT2D eigenvalue weighted by Gasteiger charge is 2.32. The van der Waals surface area contributed by atoms with Crippen LogP contribution >= 0.6 is 0 Å². The number of nitrogens with one attached hydrogen (secondary N) is 1. The molecule has 1 heterocycles. The number of methoxy groups -OCH3 is 1. The summed E-state index contributed by atoms with van der Waals surface area (Å²) in [4.78, 5) is 11.8. The zero-order chi connectivity index (χ0) is 13.7. The summed E-state index contributed by atoms with van der Waals surface area (Å²) in [7, 11) is 1.39. The van der Waals surface area contributed by atoms with E-state index in [0.29, 0.717) is 5.75 Å². The molecule has 1 aliphatic rings. The van der Waals surface area contributed by atoms with Gasteiger partial charge in [-0.25, -0.2) is 0 Å². The fraction of sp³-hybridized carbons (Fsp3) is 0.500. The highest BCUT2D eigenvalue weighted by Crippen LogP contribution is 2.27. The predicted molar refractivity (Wildman–Crippen MR) is 70.1 cm³/mol. The third-order valence-corrected chi connectivity index (χ3v) is 3.46. The van der Waals surface area contributed by atoms with Gasteiger partial charge in [0.25, 0.3) is 0 Å². The monoisotopic (exact) mass is 265 g/mol. The summed E-state index contributed by atoms with van der Waals surface area (Å²) in [5.41, 5.74) is 0. The van der Waals surface area contributed by atoms with Crippen molar-refractivity contribution >= 4 is 5.97 Å². The average molecular weight is 265 g/mol. The number of carbonyl (C=O) groups excluding carboxylic acids is 1. The van der Waals surface area contributed by atoms with Gasteiger partial charge in [0, 0.05) is 0 Å². The third-order valence-electron chi connectivity index (χ3n) is 3.46. The number of carbonyl (C=O) groups is 1. The minimum atomic E-state index is -0.306. The Morgan fingerprint density at radius 1 is 1.53 bits per heavy atom. The van der Waals surface area contributed by atoms with Gasteiger partial charge >= 0.3 is 5.97 Å². The molecule has 0 saturated carbocycles. The quantitative estimate of drug-likeness (QED) is 0.782. The smallest absolute Gasteiger partial charge is 0.312 e. The zero-order valence-corrected chi connectivity index (χ0v) is 11.0. The van der Waals surface area contributed by atoms with Crippen LogP contribution in [0.1, 0.15) is 6.42 Å². The van der Waals surface area contributed by atoms with E-state index in [9.17, 15) is 9.90 Å². The standard InChI is InChI=1S/C14H19NO4/c1-18-14(17)11(10-6-7-15-8-10)9-19-13-5-3-2-4-12(13)16/h2-5,10-11,15-16H,6-9H2,1H3. The molecule has 104 valence electrons. The van der Waals surface area contributed by atoms with Crippen LogP contribution in [0.2, 0.25) is 0 Å². The molecule has 2 N–H and O–H groups in total. The Bertz CT molecular complexity index is 429. The molecule has 0 amide bonds. The van der Waals surface area contributed by atoms with E-state index in [2.05, 4.69) is 5.32 Å². The van der Waals surface area contributed by atoms with Gasteiger partial charge in [0.15, 0.2) is 11.5 Å². The molecule has 2 unspecified atom stereocenters. The lowest BCUT2D eigenvalue weighted by Gasteiger charge is -2.21. The third kappa shape index (κ3) is 3.38. The van der Waals surface area contributed by atoms with Gasteiger partial charge in [0.05, 0.1) is 13.0 Å². The maximum absolute atomic E-state index is 11.8. The average Bonchev–Trinajstić information content (AvgIpc) is 2.94. The molecule has 5 nitrogen and oxygen atoms in total. The molecule has 2 atom stereocenters. The van der Waals surface area contributed by atoms with Gasteiger partial charge in [-0.1, -0.05) is 12.1 Å². The van der Waals surface area contributed by atoms with Crippen molar-refractivity contribution in [2.45, 2.75) is 6.42 Å². The molecule has 1 saturated heterocycles. The van der Waals surface area contributed by atoms with Gasteiger partial charge in [-0.3, -0.25) is 4.79 Å². The van der Waals surface area contributed by atoms with Crippen LogP contribution in [0.25, 0.3) is 0 Å². The van der Waals surface area contributed by atoms with Gasteiger partial charge in [0.2, 0.25) is 0 Å². The fourth-order valence-corrected chi connectivity index (χ4v) is 2.33. The molecule has 1 fully saturated rings. The number of rotatable bonds is 5. The molecule has 0 aromatic heterocycles. The molecule has 0 aliphatic carbocycles. The van der Waals surface area contributed by atoms with E-state index in [1.54, 1.807) is 24.3 Å². The maximum atomic E-state index is 11.8. The molecule has 1 aromatic rings. The van der Waals surface area contributed by atoms with Crippen molar-refractivity contribution in [2.75, 3.05) is 26.8 Å². The normalized spacial score (nSPS) is 19.9. The first-order valence-corrected chi connectivity index (χ1v) is 6.41. The number of esters is 1. The van der Waals surface area contributed by atoms with Gasteiger partial charge in [-0.2, -0.15) is 0 Å². The number of benzene rings is 1. The van der Waals surface area contributed by atoms with Crippen molar-refractivity contribution < 1.29 is 19.4 Å². The predicted octanol–water partition coefficient (Wildman–Crippen LogP) is 1.17. The molecule has 0 spiro atoms. The zero-order valence-electron chi connectivity index (χ0n) is 11.0. The topological polar surface area (TPSA) is 67.8 Å². The second-order valence-corrected chi connectivity index (χ2v) is 4.66. The number of para-hydroxylation sites is 2. The van der Waals surface area contributed by atoms with Crippen molar-refractivity contribution in [3.8, 4) is 11.5 Å². The SMILES string of the molecule is COC(=O)C(COc1ccccc1O)C1CCNC1. The van der Waals surface area contributed by atoms with Gasteiger partial charge in [0.1, 0.15) is 6.61 Å². The molecular formula is C14H19NO4. The van der Waals surface area contributed by atoms with E-state index in [1.165, 1.54) is 7.11 Å². The molecular weight excluding hydrogens is 246 g/mol. The largest absolute Gasteiger partial charge is 0.504 e. The van der Waals surface area contributed by atoms with E-state index in [4.69, 9.17) is 9.47 Å². The molecule has 5 heteroatoms. The van der Waals surface area contributed by atoms with Crippen molar-refractivity contribution in [3.63, 3.8) is 0 Å². The summed E-state index contributed by atoms with van der Waals surface area (Å²) in [6, 6.07) is 6.73. The highest BCUT2D eigenvalue weighted by atomic mass is 16.5. The second-order valence-electron chi connectivity index (χ2n) is 4.66. The lowest BCUT2D eigenvalue weighted by atomic mass is 9.92. The van der Waals surface area contributed by atoms with E-state index < -0.39 is 0 Å². The fourth-order valence-electron chi connectivity index (χ4n) is 2.33. The van der Waals surface area contributed by atoms with Gasteiger partial charge in [-0.15, -0.1) is 0 Å². The van der Waals surface area contributed by atoms with Crippen molar-refractivity contribution in [3.05, 3.63) is 24.3 Å². The van der Waals surface area contributed by atoms with Crippen LogP contribution in [0.15, 0.2) is 24.3 Å². The highest BCUT2D eigenvalue weighted by molar-refractivity contribution is 5.73. The second kappa shape index (κ2) is 6.43. The van der Waals surface area contributed by atoms with E-state index in [-0.39, 0.29) is 30.2 Å². The van der Waals surface area contributed by atoms with Crippen LogP contribution in [-0.4, -0.2) is 37.9 Å². The van der Waals surface area contributed by atoms with Crippen molar-refractivity contribution in [1.82, 2.24) is 5.32 Å². The van der Waals surface area contributed by atoms with Crippen LogP contribution in [0.3, 0.4) is 0 Å². The number of aromatic hydroxyl groups is 1. The molecule has 2 rings (SSSR count). The molecule has 1 aliphatic heterocycles. The maximum Gasteiger partial charge on any atom is 0.312 e. The lowest BCUT2D eigenvalue weighted by Crippen LogP contribution is -2.31. The number of ether oxygens (including phenoxy) is 2. The van der Waals surface area contributed by atoms with Crippen LogP contribution in [0, 0.1) is 11.8 Å². The Morgan fingerprint density at radius 3 is 2.95 bits per heavy atom. The summed E-state index contributed by atoms with van der Waals surface area (Å²) in [5.74, 6) is 0.125. The Hall–Kier alpha value is -1.75. The number of phenols is 1.